The van der Waals surface area contributed by atoms with Crippen LogP contribution in [-0.4, -0.2) is 15.1 Å². The van der Waals surface area contributed by atoms with E-state index in [1.54, 1.807) is 0 Å². The predicted molar refractivity (Wildman–Crippen MR) is 41.5 cm³/mol. The summed E-state index contributed by atoms with van der Waals surface area (Å²) in [4.78, 5) is 0. The van der Waals surface area contributed by atoms with Crippen LogP contribution in [0.3, 0.4) is 0 Å². The third-order valence-corrected chi connectivity index (χ3v) is 2.37. The summed E-state index contributed by atoms with van der Waals surface area (Å²) in [6.07, 6.45) is 5.28. The minimum absolute atomic E-state index is 0.226. The van der Waals surface area contributed by atoms with Crippen LogP contribution in [0.1, 0.15) is 39.0 Å². The quantitative estimate of drug-likeness (QED) is 0.417. The first kappa shape index (κ1) is 10.4. The van der Waals surface area contributed by atoms with E-state index in [0.29, 0.717) is 0 Å². The van der Waals surface area contributed by atoms with Crippen LogP contribution in [0.4, 0.5) is 7.05 Å². The number of halogens is 2. The third-order valence-electron chi connectivity index (χ3n) is 1.53. The first-order valence-corrected chi connectivity index (χ1v) is 5.74. The topological polar surface area (TPSA) is 0 Å². The van der Waals surface area contributed by atoms with Gasteiger partial charge in [-0.25, -0.2) is 0 Å². The molecule has 0 aromatic heterocycles. The Kier molecular flexibility index (Phi) is 7.79. The van der Waals surface area contributed by atoms with E-state index < -0.39 is 15.1 Å². The highest BCUT2D eigenvalue weighted by Gasteiger charge is 2.18. The highest BCUT2D eigenvalue weighted by atomic mass is 27.3. The number of unbranched alkanes of at least 4 members (excludes halogenated alkanes) is 4. The molecule has 10 heavy (non-hydrogen) atoms. The normalized spacial score (nSPS) is 9.90. The van der Waals surface area contributed by atoms with Crippen molar-refractivity contribution in [1.82, 2.24) is 0 Å². The van der Waals surface area contributed by atoms with Gasteiger partial charge in [0.15, 0.2) is 0 Å². The first-order chi connectivity index (χ1) is 4.77. The number of hydrogen-bond donors (Lipinski definition) is 0. The minimum atomic E-state index is -3.22. The zero-order valence-electron chi connectivity index (χ0n) is 6.58. The molecule has 0 nitrogen and oxygen atoms in total. The average molecular weight is 164 g/mol. The molecule has 0 aliphatic rings. The van der Waals surface area contributed by atoms with Gasteiger partial charge in [0.1, 0.15) is 0 Å². The van der Waals surface area contributed by atoms with Gasteiger partial charge in [0.2, 0.25) is 0 Å². The molecule has 60 valence electrons. The highest BCUT2D eigenvalue weighted by Crippen LogP contribution is 2.08. The molecule has 0 bridgehead atoms. The van der Waals surface area contributed by atoms with Crippen molar-refractivity contribution < 1.29 is 7.05 Å². The van der Waals surface area contributed by atoms with Crippen LogP contribution < -0.4 is 0 Å². The first-order valence-electron chi connectivity index (χ1n) is 4.05. The van der Waals surface area contributed by atoms with Crippen LogP contribution in [-0.2, 0) is 0 Å². The van der Waals surface area contributed by atoms with Crippen molar-refractivity contribution in [1.29, 1.82) is 0 Å². The van der Waals surface area contributed by atoms with Gasteiger partial charge in [0.25, 0.3) is 0 Å². The lowest BCUT2D eigenvalue weighted by Crippen LogP contribution is -1.94. The van der Waals surface area contributed by atoms with E-state index in [4.69, 9.17) is 0 Å². The second kappa shape index (κ2) is 7.50. The summed E-state index contributed by atoms with van der Waals surface area (Å²) in [5, 5.41) is 0.226. The highest BCUT2D eigenvalue weighted by molar-refractivity contribution is 6.42. The maximum absolute atomic E-state index is 11.7. The van der Waals surface area contributed by atoms with Gasteiger partial charge in [0, 0.05) is 0 Å². The van der Waals surface area contributed by atoms with E-state index in [0.717, 1.165) is 19.3 Å². The summed E-state index contributed by atoms with van der Waals surface area (Å²) in [6.45, 7) is 2.13. The molecule has 0 rings (SSSR count). The van der Waals surface area contributed by atoms with Crippen molar-refractivity contribution in [3.63, 3.8) is 0 Å². The molecular weight excluding hydrogens is 149 g/mol. The molecule has 0 saturated carbocycles. The SMILES string of the molecule is CCCCCC[CH2][Al]([F])[F]. The maximum atomic E-state index is 11.7. The molecule has 3 heteroatoms. The summed E-state index contributed by atoms with van der Waals surface area (Å²) in [7, 11) is 0. The van der Waals surface area contributed by atoms with E-state index in [2.05, 4.69) is 6.92 Å². The zero-order chi connectivity index (χ0) is 7.82. The lowest BCUT2D eigenvalue weighted by Gasteiger charge is -1.95. The molecule has 0 aliphatic heterocycles. The van der Waals surface area contributed by atoms with Crippen LogP contribution in [0, 0.1) is 0 Å². The second-order valence-corrected chi connectivity index (χ2v) is 3.95. The molecule has 0 heterocycles. The second-order valence-electron chi connectivity index (χ2n) is 2.59. The van der Waals surface area contributed by atoms with E-state index >= 15 is 0 Å². The molecule has 0 unspecified atom stereocenters. The Bertz CT molecular complexity index is 66.6. The Morgan fingerprint density at radius 1 is 1.00 bits per heavy atom. The van der Waals surface area contributed by atoms with Crippen molar-refractivity contribution in [3.8, 4) is 0 Å². The van der Waals surface area contributed by atoms with Crippen LogP contribution >= 0.6 is 0 Å². The van der Waals surface area contributed by atoms with Crippen LogP contribution in [0.5, 0.6) is 0 Å². The van der Waals surface area contributed by atoms with Crippen LogP contribution in [0.25, 0.3) is 0 Å². The van der Waals surface area contributed by atoms with E-state index in [9.17, 15) is 7.05 Å². The Balaban J connectivity index is 2.77. The molecule has 0 fully saturated rings. The van der Waals surface area contributed by atoms with Gasteiger partial charge in [-0.1, -0.05) is 39.0 Å². The smallest absolute Gasteiger partial charge is 0.374 e. The summed E-state index contributed by atoms with van der Waals surface area (Å²) in [6, 6.07) is 0. The van der Waals surface area contributed by atoms with Gasteiger partial charge in [0.05, 0.1) is 0 Å². The fourth-order valence-corrected chi connectivity index (χ4v) is 1.50. The number of hydrogen-bond acceptors (Lipinski definition) is 0. The molecule has 0 N–H and O–H groups in total. The molecular formula is C7H15AlF2. The number of rotatable bonds is 6. The lowest BCUT2D eigenvalue weighted by molar-refractivity contribution is 0.609. The van der Waals surface area contributed by atoms with Gasteiger partial charge in [-0.05, 0) is 5.28 Å². The maximum Gasteiger partial charge on any atom is 0.757 e. The van der Waals surface area contributed by atoms with E-state index in [-0.39, 0.29) is 5.28 Å². The molecule has 0 atom stereocenters. The predicted octanol–water partition coefficient (Wildman–Crippen LogP) is 3.38. The summed E-state index contributed by atoms with van der Waals surface area (Å²) >= 11 is -3.22. The van der Waals surface area contributed by atoms with Crippen molar-refractivity contribution in [3.05, 3.63) is 0 Å². The molecule has 0 saturated heterocycles. The molecule has 0 radical (unpaired) electrons. The van der Waals surface area contributed by atoms with Crippen molar-refractivity contribution in [2.45, 2.75) is 44.3 Å². The molecule has 0 aromatic rings. The largest absolute Gasteiger partial charge is 0.757 e. The van der Waals surface area contributed by atoms with Crippen LogP contribution in [0.15, 0.2) is 0 Å². The lowest BCUT2D eigenvalue weighted by atomic mass is 10.2. The Morgan fingerprint density at radius 2 is 1.60 bits per heavy atom. The van der Waals surface area contributed by atoms with Gasteiger partial charge in [-0.15, -0.1) is 0 Å². The summed E-state index contributed by atoms with van der Waals surface area (Å²) in [5.41, 5.74) is 0. The summed E-state index contributed by atoms with van der Waals surface area (Å²) < 4.78 is 23.4. The summed E-state index contributed by atoms with van der Waals surface area (Å²) in [5.74, 6) is 0. The minimum Gasteiger partial charge on any atom is -0.374 e. The van der Waals surface area contributed by atoms with Gasteiger partial charge in [-0.2, -0.15) is 0 Å². The Labute approximate surface area is 67.0 Å². The standard InChI is InChI=1S/C7H15.Al.2FH/c1-3-5-7-6-4-2;;;/h1,3-7H2,2H3;;2*1H/q;+2;;/p-2. The van der Waals surface area contributed by atoms with E-state index in [1.807, 2.05) is 0 Å². The van der Waals surface area contributed by atoms with Gasteiger partial charge >= 0.3 is 15.1 Å². The molecule has 0 aromatic carbocycles. The zero-order valence-corrected chi connectivity index (χ0v) is 7.73. The monoisotopic (exact) mass is 164 g/mol. The van der Waals surface area contributed by atoms with Gasteiger partial charge < -0.3 is 7.05 Å². The van der Waals surface area contributed by atoms with E-state index in [1.165, 1.54) is 12.8 Å². The fraction of sp³-hybridized carbons (Fsp3) is 1.00. The van der Waals surface area contributed by atoms with Crippen molar-refractivity contribution >= 4 is 15.1 Å². The molecule has 0 spiro atoms. The average Bonchev–Trinajstić information content (AvgIpc) is 1.87. The van der Waals surface area contributed by atoms with Crippen molar-refractivity contribution in [2.24, 2.45) is 0 Å². The Morgan fingerprint density at radius 3 is 2.10 bits per heavy atom. The third kappa shape index (κ3) is 8.39. The van der Waals surface area contributed by atoms with Gasteiger partial charge in [-0.3, -0.25) is 0 Å². The molecule has 0 aliphatic carbocycles. The van der Waals surface area contributed by atoms with Crippen molar-refractivity contribution in [2.75, 3.05) is 0 Å². The van der Waals surface area contributed by atoms with Crippen LogP contribution in [0.2, 0.25) is 5.28 Å². The fourth-order valence-electron chi connectivity index (χ4n) is 0.902. The molecule has 0 amide bonds. The Hall–Kier alpha value is 0.392.